The first kappa shape index (κ1) is 24.1. The van der Waals surface area contributed by atoms with E-state index in [-0.39, 0.29) is 16.7 Å². The third-order valence-corrected chi connectivity index (χ3v) is 7.59. The van der Waals surface area contributed by atoms with E-state index in [9.17, 15) is 4.79 Å². The maximum atomic E-state index is 11.9. The van der Waals surface area contributed by atoms with Crippen LogP contribution in [-0.4, -0.2) is 113 Å². The highest BCUT2D eigenvalue weighted by Gasteiger charge is 2.53. The molecule has 5 aliphatic heterocycles. The molecule has 0 saturated carbocycles. The third kappa shape index (κ3) is 4.98. The first-order valence-electron chi connectivity index (χ1n) is 12.7. The smallest absolute Gasteiger partial charge is 0.336 e. The molecule has 36 heavy (non-hydrogen) atoms. The van der Waals surface area contributed by atoms with E-state index >= 15 is 0 Å². The first-order valence-corrected chi connectivity index (χ1v) is 12.7. The quantitative estimate of drug-likeness (QED) is 0.385. The molecule has 0 aliphatic carbocycles. The molecule has 10 heteroatoms. The number of rotatable bonds is 0. The molecule has 0 N–H and O–H groups in total. The van der Waals surface area contributed by atoms with E-state index in [1.807, 2.05) is 13.0 Å². The third-order valence-electron chi connectivity index (χ3n) is 7.59. The van der Waals surface area contributed by atoms with Gasteiger partial charge in [-0.2, -0.15) is 0 Å². The van der Waals surface area contributed by atoms with Gasteiger partial charge in [0, 0.05) is 43.7 Å². The van der Waals surface area contributed by atoms with Gasteiger partial charge in [0.25, 0.3) is 0 Å². The second-order valence-corrected chi connectivity index (χ2v) is 10.2. The standard InChI is InChI=1S/C26H34N2O8/c1-19-10-24(29)36-21-12-23-22(11-20(19)21)34-4-2-27-13-25(27)15-30-6-8-32-17-26(14-28(26)3-5-35-23)18-33-9-7-31-16-25/h10-12H,2-9,13-18H2,1H3. The number of aryl methyl sites for hydroxylation is 1. The SMILES string of the molecule is Cc1cc(=O)oc2cc3c(cc12)OCCN1CC12COCCOCC1(COCCOC2)CN1CCO3. The average molecular weight is 503 g/mol. The predicted octanol–water partition coefficient (Wildman–Crippen LogP) is 1.06. The van der Waals surface area contributed by atoms with Gasteiger partial charge >= 0.3 is 5.63 Å². The zero-order valence-corrected chi connectivity index (χ0v) is 20.8. The topological polar surface area (TPSA) is 91.6 Å². The molecule has 0 amide bonds. The fourth-order valence-electron chi connectivity index (χ4n) is 5.27. The van der Waals surface area contributed by atoms with E-state index in [0.29, 0.717) is 89.7 Å². The van der Waals surface area contributed by atoms with Crippen LogP contribution in [-0.2, 0) is 18.9 Å². The van der Waals surface area contributed by atoms with E-state index in [0.717, 1.165) is 30.6 Å². The van der Waals surface area contributed by atoms with Gasteiger partial charge in [-0.3, -0.25) is 9.80 Å². The minimum absolute atomic E-state index is 0.143. The van der Waals surface area contributed by atoms with Gasteiger partial charge in [0.1, 0.15) is 18.8 Å². The molecular formula is C26H34N2O8. The lowest BCUT2D eigenvalue weighted by Crippen LogP contribution is -2.36. The Morgan fingerprint density at radius 1 is 0.694 bits per heavy atom. The van der Waals surface area contributed by atoms with Crippen LogP contribution in [0.1, 0.15) is 5.56 Å². The van der Waals surface area contributed by atoms with E-state index in [2.05, 4.69) is 9.80 Å². The van der Waals surface area contributed by atoms with Crippen LogP contribution in [0.4, 0.5) is 0 Å². The minimum atomic E-state index is -0.376. The fourth-order valence-corrected chi connectivity index (χ4v) is 5.27. The molecule has 10 nitrogen and oxygen atoms in total. The Morgan fingerprint density at radius 3 is 1.72 bits per heavy atom. The van der Waals surface area contributed by atoms with Crippen molar-refractivity contribution in [3.8, 4) is 11.5 Å². The molecule has 2 atom stereocenters. The minimum Gasteiger partial charge on any atom is -0.488 e. The van der Waals surface area contributed by atoms with E-state index in [4.69, 9.17) is 32.8 Å². The summed E-state index contributed by atoms with van der Waals surface area (Å²) in [6, 6.07) is 5.17. The summed E-state index contributed by atoms with van der Waals surface area (Å²) < 4.78 is 41.9. The molecule has 2 aromatic rings. The van der Waals surface area contributed by atoms with Crippen LogP contribution in [0.25, 0.3) is 11.0 Å². The van der Waals surface area contributed by atoms with E-state index in [1.165, 1.54) is 6.07 Å². The monoisotopic (exact) mass is 502 g/mol. The summed E-state index contributed by atoms with van der Waals surface area (Å²) in [7, 11) is 0. The number of fused-ring (bicyclic) bond motifs is 15. The highest BCUT2D eigenvalue weighted by molar-refractivity contribution is 5.83. The summed E-state index contributed by atoms with van der Waals surface area (Å²) in [6.07, 6.45) is 0. The summed E-state index contributed by atoms with van der Waals surface area (Å²) in [6.45, 7) is 10.6. The van der Waals surface area contributed by atoms with Crippen LogP contribution in [0.15, 0.2) is 27.4 Å². The summed E-state index contributed by atoms with van der Waals surface area (Å²) in [4.78, 5) is 16.6. The molecule has 3 fully saturated rings. The molecule has 5 aliphatic rings. The maximum Gasteiger partial charge on any atom is 0.336 e. The predicted molar refractivity (Wildman–Crippen MR) is 130 cm³/mol. The van der Waals surface area contributed by atoms with Crippen LogP contribution in [0.5, 0.6) is 11.5 Å². The van der Waals surface area contributed by atoms with Crippen molar-refractivity contribution in [3.05, 3.63) is 34.2 Å². The zero-order chi connectivity index (χ0) is 24.6. The number of ether oxygens (including phenoxy) is 6. The van der Waals surface area contributed by atoms with Gasteiger partial charge in [0.15, 0.2) is 11.5 Å². The summed E-state index contributed by atoms with van der Waals surface area (Å²) in [5.41, 5.74) is 0.665. The molecule has 6 heterocycles. The Bertz CT molecular complexity index is 1130. The fraction of sp³-hybridized carbons (Fsp3) is 0.654. The molecule has 7 rings (SSSR count). The van der Waals surface area contributed by atoms with Gasteiger partial charge in [-0.15, -0.1) is 0 Å². The lowest BCUT2D eigenvalue weighted by molar-refractivity contribution is -0.0319. The summed E-state index contributed by atoms with van der Waals surface area (Å²) >= 11 is 0. The normalized spacial score (nSPS) is 33.6. The molecule has 2 bridgehead atoms. The zero-order valence-electron chi connectivity index (χ0n) is 20.8. The lowest BCUT2D eigenvalue weighted by Gasteiger charge is -2.22. The number of hydrogen-bond acceptors (Lipinski definition) is 10. The second kappa shape index (κ2) is 9.92. The number of hydrogen-bond donors (Lipinski definition) is 0. The van der Waals surface area contributed by atoms with Crippen LogP contribution < -0.4 is 15.1 Å². The molecule has 1 aromatic heterocycles. The Hall–Kier alpha value is -2.21. The Kier molecular flexibility index (Phi) is 6.65. The molecular weight excluding hydrogens is 468 g/mol. The van der Waals surface area contributed by atoms with Gasteiger partial charge in [-0.05, 0) is 18.6 Å². The molecule has 196 valence electrons. The Balaban J connectivity index is 1.27. The molecule has 2 spiro atoms. The van der Waals surface area contributed by atoms with Crippen molar-refractivity contribution in [1.82, 2.24) is 9.80 Å². The van der Waals surface area contributed by atoms with E-state index < -0.39 is 0 Å². The van der Waals surface area contributed by atoms with Crippen LogP contribution in [0, 0.1) is 6.92 Å². The van der Waals surface area contributed by atoms with Crippen molar-refractivity contribution < 1.29 is 32.8 Å². The molecule has 0 radical (unpaired) electrons. The van der Waals surface area contributed by atoms with Crippen molar-refractivity contribution in [2.45, 2.75) is 18.0 Å². The average Bonchev–Trinajstić information content (AvgIpc) is 3.73. The highest BCUT2D eigenvalue weighted by Crippen LogP contribution is 2.37. The Labute approximate surface area is 209 Å². The van der Waals surface area contributed by atoms with Crippen molar-refractivity contribution in [1.29, 1.82) is 0 Å². The van der Waals surface area contributed by atoms with E-state index in [1.54, 1.807) is 6.07 Å². The van der Waals surface area contributed by atoms with Crippen molar-refractivity contribution in [3.63, 3.8) is 0 Å². The van der Waals surface area contributed by atoms with Gasteiger partial charge < -0.3 is 32.8 Å². The van der Waals surface area contributed by atoms with Crippen LogP contribution in [0.2, 0.25) is 0 Å². The lowest BCUT2D eigenvalue weighted by atomic mass is 10.1. The van der Waals surface area contributed by atoms with Crippen molar-refractivity contribution in [2.75, 3.05) is 92.2 Å². The van der Waals surface area contributed by atoms with Crippen LogP contribution in [0.3, 0.4) is 0 Å². The summed E-state index contributed by atoms with van der Waals surface area (Å²) in [5.74, 6) is 1.22. The summed E-state index contributed by atoms with van der Waals surface area (Å²) in [5, 5.41) is 0.836. The Morgan fingerprint density at radius 2 is 1.19 bits per heavy atom. The van der Waals surface area contributed by atoms with Gasteiger partial charge in [0.05, 0.1) is 63.9 Å². The van der Waals surface area contributed by atoms with Crippen LogP contribution >= 0.6 is 0 Å². The largest absolute Gasteiger partial charge is 0.488 e. The first-order chi connectivity index (χ1) is 17.6. The molecule has 3 saturated heterocycles. The molecule has 1 aromatic carbocycles. The second-order valence-electron chi connectivity index (χ2n) is 10.2. The molecule has 2 unspecified atom stereocenters. The van der Waals surface area contributed by atoms with Crippen molar-refractivity contribution in [2.24, 2.45) is 0 Å². The van der Waals surface area contributed by atoms with Crippen molar-refractivity contribution >= 4 is 11.0 Å². The van der Waals surface area contributed by atoms with Gasteiger partial charge in [0.2, 0.25) is 0 Å². The number of nitrogens with zero attached hydrogens (tertiary/aromatic N) is 2. The highest BCUT2D eigenvalue weighted by atomic mass is 16.5. The number of benzene rings is 1. The maximum absolute atomic E-state index is 11.9. The van der Waals surface area contributed by atoms with Gasteiger partial charge in [-0.1, -0.05) is 0 Å². The van der Waals surface area contributed by atoms with Gasteiger partial charge in [-0.25, -0.2) is 4.79 Å².